The van der Waals surface area contributed by atoms with Crippen molar-refractivity contribution in [1.29, 1.82) is 0 Å². The average molecular weight is 432 g/mol. The molecular formula is C18H20BrN6O2+. The maximum Gasteiger partial charge on any atom is 0.414 e. The highest BCUT2D eigenvalue weighted by molar-refractivity contribution is 9.10. The number of nitrogens with one attached hydrogen (secondary N) is 1. The Kier molecular flexibility index (Phi) is 5.22. The van der Waals surface area contributed by atoms with Crippen LogP contribution in [-0.4, -0.2) is 71.0 Å². The smallest absolute Gasteiger partial charge is 0.270 e. The Morgan fingerprint density at radius 3 is 2.63 bits per heavy atom. The number of imide groups is 1. The fourth-order valence-electron chi connectivity index (χ4n) is 2.86. The summed E-state index contributed by atoms with van der Waals surface area (Å²) in [4.78, 5) is 31.8. The topological polar surface area (TPSA) is 80.4 Å². The third-order valence-corrected chi connectivity index (χ3v) is 4.75. The molecule has 1 fully saturated rings. The summed E-state index contributed by atoms with van der Waals surface area (Å²) in [6.07, 6.45) is 1.66. The summed E-state index contributed by atoms with van der Waals surface area (Å²) in [5.41, 5.74) is 4.66. The van der Waals surface area contributed by atoms with Gasteiger partial charge in [-0.25, -0.2) is 9.37 Å². The molecular weight excluding hydrogens is 412 g/mol. The number of urea groups is 1. The van der Waals surface area contributed by atoms with E-state index in [2.05, 4.69) is 38.0 Å². The van der Waals surface area contributed by atoms with Gasteiger partial charge in [0.15, 0.2) is 0 Å². The van der Waals surface area contributed by atoms with Crippen LogP contribution in [-0.2, 0) is 4.79 Å². The molecule has 9 heteroatoms. The number of nitrogens with zero attached hydrogens (tertiary/aromatic N) is 5. The van der Waals surface area contributed by atoms with Crippen molar-refractivity contribution in [3.63, 3.8) is 0 Å². The minimum atomic E-state index is -0.681. The molecule has 0 saturated carbocycles. The molecule has 2 aliphatic rings. The number of hydrogen-bond donors (Lipinski definition) is 1. The maximum absolute atomic E-state index is 12.7. The highest BCUT2D eigenvalue weighted by atomic mass is 79.9. The van der Waals surface area contributed by atoms with Gasteiger partial charge in [-0.1, -0.05) is 39.6 Å². The number of carbonyl (C=O) groups is 2. The molecule has 0 aliphatic carbocycles. The molecule has 2 aliphatic heterocycles. The fraction of sp³-hybridized carbons (Fsp3) is 0.278. The number of hydrazone groups is 1. The Bertz CT molecular complexity index is 903. The van der Waals surface area contributed by atoms with Crippen molar-refractivity contribution in [3.8, 4) is 0 Å². The van der Waals surface area contributed by atoms with E-state index >= 15 is 0 Å². The molecule has 0 bridgehead atoms. The molecule has 0 spiro atoms. The van der Waals surface area contributed by atoms with Gasteiger partial charge >= 0.3 is 12.0 Å². The zero-order chi connectivity index (χ0) is 19.7. The van der Waals surface area contributed by atoms with Gasteiger partial charge in [0.1, 0.15) is 0 Å². The van der Waals surface area contributed by atoms with Gasteiger partial charge in [-0.2, -0.15) is 5.43 Å². The van der Waals surface area contributed by atoms with Gasteiger partial charge in [0, 0.05) is 18.6 Å². The first-order valence-corrected chi connectivity index (χ1v) is 9.05. The van der Waals surface area contributed by atoms with Gasteiger partial charge in [-0.15, -0.1) is 5.10 Å². The van der Waals surface area contributed by atoms with Crippen LogP contribution in [0.1, 0.15) is 12.5 Å². The normalized spacial score (nSPS) is 19.7. The van der Waals surface area contributed by atoms with E-state index < -0.39 is 12.1 Å². The van der Waals surface area contributed by atoms with Crippen molar-refractivity contribution >= 4 is 45.9 Å². The van der Waals surface area contributed by atoms with Crippen molar-refractivity contribution < 1.29 is 14.2 Å². The summed E-state index contributed by atoms with van der Waals surface area (Å²) in [7, 11) is 3.07. The second-order valence-electron chi connectivity index (χ2n) is 6.44. The molecule has 1 N–H and O–H groups in total. The van der Waals surface area contributed by atoms with E-state index in [1.165, 1.54) is 11.9 Å². The second-order valence-corrected chi connectivity index (χ2v) is 7.36. The summed E-state index contributed by atoms with van der Waals surface area (Å²) in [6, 6.07) is 6.57. The van der Waals surface area contributed by atoms with Crippen LogP contribution >= 0.6 is 15.9 Å². The summed E-state index contributed by atoms with van der Waals surface area (Å²) >= 11 is 3.39. The average Bonchev–Trinajstić information content (AvgIpc) is 2.98. The third kappa shape index (κ3) is 3.68. The van der Waals surface area contributed by atoms with Crippen LogP contribution in [0.15, 0.2) is 51.0 Å². The molecule has 1 unspecified atom stereocenters. The van der Waals surface area contributed by atoms with Gasteiger partial charge < -0.3 is 0 Å². The zero-order valence-electron chi connectivity index (χ0n) is 15.3. The SMILES string of the molecule is C=C(C)C[N+]1=C(N/N=C/c2ccc(Br)cc2)N=C2C1C(=O)N(C)C(=O)N2C. The van der Waals surface area contributed by atoms with E-state index in [0.717, 1.165) is 20.5 Å². The molecule has 1 saturated heterocycles. The minimum Gasteiger partial charge on any atom is -0.270 e. The largest absolute Gasteiger partial charge is 0.414 e. The minimum absolute atomic E-state index is 0.327. The van der Waals surface area contributed by atoms with Gasteiger partial charge in [-0.3, -0.25) is 14.6 Å². The van der Waals surface area contributed by atoms with Crippen LogP contribution in [0.3, 0.4) is 0 Å². The Morgan fingerprint density at radius 2 is 2.00 bits per heavy atom. The molecule has 2 heterocycles. The lowest BCUT2D eigenvalue weighted by Gasteiger charge is -2.31. The number of likely N-dealkylation sites (N-methyl/N-ethyl adjacent to an activating group) is 2. The quantitative estimate of drug-likeness (QED) is 0.340. The van der Waals surface area contributed by atoms with Gasteiger partial charge in [0.2, 0.25) is 11.9 Å². The number of aliphatic imine (C=N–C) groups is 1. The Balaban J connectivity index is 1.90. The maximum atomic E-state index is 12.7. The van der Waals surface area contributed by atoms with E-state index in [-0.39, 0.29) is 5.91 Å². The van der Waals surface area contributed by atoms with Crippen LogP contribution in [0.4, 0.5) is 4.79 Å². The molecule has 8 nitrogen and oxygen atoms in total. The zero-order valence-corrected chi connectivity index (χ0v) is 16.9. The summed E-state index contributed by atoms with van der Waals surface area (Å²) < 4.78 is 2.74. The molecule has 140 valence electrons. The van der Waals surface area contributed by atoms with Crippen LogP contribution in [0.25, 0.3) is 0 Å². The number of halogens is 1. The van der Waals surface area contributed by atoms with Gasteiger partial charge in [0.05, 0.1) is 12.8 Å². The predicted molar refractivity (Wildman–Crippen MR) is 107 cm³/mol. The number of guanidine groups is 1. The van der Waals surface area contributed by atoms with Crippen LogP contribution in [0, 0.1) is 0 Å². The van der Waals surface area contributed by atoms with Crippen molar-refractivity contribution in [3.05, 3.63) is 46.5 Å². The van der Waals surface area contributed by atoms with Crippen LogP contribution < -0.4 is 5.43 Å². The van der Waals surface area contributed by atoms with Gasteiger partial charge in [0.25, 0.3) is 5.91 Å². The number of benzene rings is 1. The van der Waals surface area contributed by atoms with Crippen LogP contribution in [0.5, 0.6) is 0 Å². The Morgan fingerprint density at radius 1 is 1.33 bits per heavy atom. The molecule has 0 radical (unpaired) electrons. The highest BCUT2D eigenvalue weighted by Crippen LogP contribution is 2.19. The molecule has 3 amide bonds. The number of carbonyl (C=O) groups excluding carboxylic acids is 2. The third-order valence-electron chi connectivity index (χ3n) is 4.22. The van der Waals surface area contributed by atoms with Crippen molar-refractivity contribution in [2.45, 2.75) is 13.0 Å². The van der Waals surface area contributed by atoms with E-state index in [9.17, 15) is 9.59 Å². The van der Waals surface area contributed by atoms with Gasteiger partial charge in [-0.05, 0) is 30.2 Å². The van der Waals surface area contributed by atoms with Crippen LogP contribution in [0.2, 0.25) is 0 Å². The molecule has 1 atom stereocenters. The molecule has 1 aromatic rings. The standard InChI is InChI=1S/C18H19BrN6O2/c1-11(2)10-25-14-15(23(3)18(27)24(4)16(14)26)21-17(25)22-20-9-12-5-7-13(19)8-6-12/h5-9,14H,1,10H2,2-4H3/p+1/b20-9+. The van der Waals surface area contributed by atoms with E-state index in [1.54, 1.807) is 17.8 Å². The van der Waals surface area contributed by atoms with E-state index in [0.29, 0.717) is 18.3 Å². The lowest BCUT2D eigenvalue weighted by Crippen LogP contribution is -2.61. The van der Waals surface area contributed by atoms with Crippen molar-refractivity contribution in [2.75, 3.05) is 20.6 Å². The second kappa shape index (κ2) is 7.43. The molecule has 0 aromatic heterocycles. The Labute approximate surface area is 165 Å². The first kappa shape index (κ1) is 19.0. The lowest BCUT2D eigenvalue weighted by atomic mass is 10.1. The van der Waals surface area contributed by atoms with Crippen molar-refractivity contribution in [2.24, 2.45) is 10.1 Å². The first-order valence-electron chi connectivity index (χ1n) is 8.26. The predicted octanol–water partition coefficient (Wildman–Crippen LogP) is 1.62. The molecule has 3 rings (SSSR count). The number of amides is 3. The number of hydrogen-bond acceptors (Lipinski definition) is 5. The highest BCUT2D eigenvalue weighted by Gasteiger charge is 2.51. The number of amidine groups is 1. The lowest BCUT2D eigenvalue weighted by molar-refractivity contribution is -0.529. The first-order chi connectivity index (χ1) is 12.8. The number of fused-ring (bicyclic) bond motifs is 1. The molecule has 27 heavy (non-hydrogen) atoms. The Hall–Kier alpha value is -2.81. The molecule has 1 aromatic carbocycles. The summed E-state index contributed by atoms with van der Waals surface area (Å²) in [5.74, 6) is 0.451. The van der Waals surface area contributed by atoms with E-state index in [1.807, 2.05) is 31.2 Å². The number of rotatable bonds is 4. The fourth-order valence-corrected chi connectivity index (χ4v) is 3.12. The summed E-state index contributed by atoms with van der Waals surface area (Å²) in [6.45, 7) is 6.20. The summed E-state index contributed by atoms with van der Waals surface area (Å²) in [5, 5.41) is 4.22. The van der Waals surface area contributed by atoms with E-state index in [4.69, 9.17) is 0 Å². The van der Waals surface area contributed by atoms with Crippen molar-refractivity contribution in [1.82, 2.24) is 15.2 Å². The monoisotopic (exact) mass is 431 g/mol.